The van der Waals surface area contributed by atoms with Crippen molar-refractivity contribution in [2.24, 2.45) is 0 Å². The first kappa shape index (κ1) is 29.7. The van der Waals surface area contributed by atoms with Crippen molar-refractivity contribution >= 4 is 32.3 Å². The Balaban J connectivity index is 0.000000181. The summed E-state index contributed by atoms with van der Waals surface area (Å²) in [6.45, 7) is 2.86. The normalized spacial score (nSPS) is 12.9. The lowest BCUT2D eigenvalue weighted by atomic mass is 9.37. The van der Waals surface area contributed by atoms with Crippen LogP contribution in [0.5, 0.6) is 0 Å². The Morgan fingerprint density at radius 3 is 1.73 bits per heavy atom. The van der Waals surface area contributed by atoms with Gasteiger partial charge in [-0.15, -0.1) is 0 Å². The van der Waals surface area contributed by atoms with E-state index in [2.05, 4.69) is 168 Å². The second-order valence-electron chi connectivity index (χ2n) is 11.9. The number of hydrogen-bond acceptors (Lipinski definition) is 1. The Labute approximate surface area is 265 Å². The van der Waals surface area contributed by atoms with Crippen molar-refractivity contribution in [2.75, 3.05) is 0 Å². The minimum atomic E-state index is -0.785. The molecule has 0 spiro atoms. The van der Waals surface area contributed by atoms with E-state index in [-0.39, 0.29) is 5.16 Å². The second-order valence-corrected chi connectivity index (χ2v) is 14.1. The predicted molar refractivity (Wildman–Crippen MR) is 191 cm³/mol. The zero-order valence-electron chi connectivity index (χ0n) is 25.7. The Morgan fingerprint density at radius 2 is 1.25 bits per heavy atom. The minimum Gasteiger partial charge on any atom is -0.326 e. The average Bonchev–Trinajstić information content (AvgIpc) is 3.76. The number of rotatable bonds is 10. The molecule has 2 nitrogen and oxygen atoms in total. The van der Waals surface area contributed by atoms with Gasteiger partial charge in [-0.05, 0) is 23.1 Å². The fourth-order valence-electron chi connectivity index (χ4n) is 6.64. The third-order valence-electron chi connectivity index (χ3n) is 8.85. The molecule has 1 aliphatic rings. The maximum Gasteiger partial charge on any atom is 0.212 e. The lowest BCUT2D eigenvalue weighted by Gasteiger charge is -2.37. The summed E-state index contributed by atoms with van der Waals surface area (Å²) >= 11 is 0. The predicted octanol–water partition coefficient (Wildman–Crippen LogP) is 6.54. The second kappa shape index (κ2) is 14.4. The Kier molecular flexibility index (Phi) is 9.69. The van der Waals surface area contributed by atoms with Gasteiger partial charge in [-0.3, -0.25) is 0 Å². The summed E-state index contributed by atoms with van der Waals surface area (Å²) in [7, 11) is -0.785. The molecule has 0 aliphatic heterocycles. The van der Waals surface area contributed by atoms with E-state index in [1.54, 1.807) is 0 Å². The number of hydrogen-bond donors (Lipinski definition) is 0. The van der Waals surface area contributed by atoms with Crippen molar-refractivity contribution in [3.05, 3.63) is 181 Å². The van der Waals surface area contributed by atoms with E-state index in [0.29, 0.717) is 6.71 Å². The van der Waals surface area contributed by atoms with E-state index in [1.807, 2.05) is 12.5 Å². The van der Waals surface area contributed by atoms with Crippen LogP contribution in [-0.2, 0) is 11.6 Å². The van der Waals surface area contributed by atoms with Crippen molar-refractivity contribution in [2.45, 2.75) is 43.6 Å². The van der Waals surface area contributed by atoms with Crippen LogP contribution < -0.4 is 16.1 Å². The molecule has 4 heteroatoms. The van der Waals surface area contributed by atoms with Crippen LogP contribution >= 0.6 is 0 Å². The molecule has 1 aromatic heterocycles. The lowest BCUT2D eigenvalue weighted by molar-refractivity contribution is 0.596. The highest BCUT2D eigenvalue weighted by Crippen LogP contribution is 2.38. The van der Waals surface area contributed by atoms with Crippen LogP contribution in [0.25, 0.3) is 0 Å². The van der Waals surface area contributed by atoms with E-state index in [1.165, 1.54) is 52.1 Å². The summed E-state index contributed by atoms with van der Waals surface area (Å²) in [5.41, 5.74) is 7.03. The molecule has 0 atom stereocenters. The van der Waals surface area contributed by atoms with Gasteiger partial charge in [-0.2, -0.15) is 0 Å². The summed E-state index contributed by atoms with van der Waals surface area (Å²) in [6, 6.07) is 52.8. The van der Waals surface area contributed by atoms with Crippen LogP contribution in [0, 0.1) is 0 Å². The monoisotopic (exact) mass is 588 g/mol. The first-order chi connectivity index (χ1) is 21.8. The third kappa shape index (κ3) is 6.87. The molecule has 0 radical (unpaired) electrons. The van der Waals surface area contributed by atoms with E-state index < -0.39 is 9.52 Å². The Bertz CT molecular complexity index is 1610. The minimum absolute atomic E-state index is 0.205. The van der Waals surface area contributed by atoms with Gasteiger partial charge < -0.3 is 4.57 Å². The van der Waals surface area contributed by atoms with Crippen LogP contribution in [0.4, 0.5) is 0 Å². The van der Waals surface area contributed by atoms with Gasteiger partial charge in [-0.25, -0.2) is 4.98 Å². The molecule has 0 unspecified atom stereocenters. The summed E-state index contributed by atoms with van der Waals surface area (Å²) in [5, 5.41) is 1.27. The van der Waals surface area contributed by atoms with E-state index in [9.17, 15) is 0 Å². The largest absolute Gasteiger partial charge is 0.326 e. The molecule has 7 rings (SSSR count). The number of nitrogens with zero attached hydrogens (tertiary/aromatic N) is 2. The van der Waals surface area contributed by atoms with Crippen molar-refractivity contribution in [3.8, 4) is 0 Å². The Hall–Kier alpha value is -4.41. The molecular formula is C40H41BN2Si. The number of aromatic nitrogens is 2. The van der Waals surface area contributed by atoms with Crippen LogP contribution in [-0.4, -0.2) is 25.8 Å². The fraction of sp³-hybridized carbons (Fsp3) is 0.175. The van der Waals surface area contributed by atoms with E-state index in [4.69, 9.17) is 0 Å². The highest BCUT2D eigenvalue weighted by molar-refractivity contribution is 6.86. The number of benzene rings is 5. The molecule has 6 aromatic rings. The van der Waals surface area contributed by atoms with Gasteiger partial charge in [0.15, 0.2) is 0 Å². The molecule has 1 fully saturated rings. The average molecular weight is 589 g/mol. The molecule has 44 heavy (non-hydrogen) atoms. The Morgan fingerprint density at radius 1 is 0.705 bits per heavy atom. The molecule has 0 saturated heterocycles. The summed E-state index contributed by atoms with van der Waals surface area (Å²) in [6.07, 6.45) is 11.1. The number of aryl methyl sites for hydroxylation is 1. The van der Waals surface area contributed by atoms with Gasteiger partial charge in [0.2, 0.25) is 6.71 Å². The first-order valence-corrected chi connectivity index (χ1v) is 17.5. The van der Waals surface area contributed by atoms with E-state index >= 15 is 0 Å². The first-order valence-electron chi connectivity index (χ1n) is 16.0. The molecule has 218 valence electrons. The smallest absolute Gasteiger partial charge is 0.212 e. The lowest BCUT2D eigenvalue weighted by Crippen LogP contribution is -2.46. The van der Waals surface area contributed by atoms with Gasteiger partial charge in [0.25, 0.3) is 0 Å². The van der Waals surface area contributed by atoms with Crippen LogP contribution in [0.1, 0.15) is 42.9 Å². The molecule has 1 saturated carbocycles. The van der Waals surface area contributed by atoms with Crippen LogP contribution in [0.15, 0.2) is 164 Å². The van der Waals surface area contributed by atoms with Gasteiger partial charge in [0, 0.05) is 12.4 Å². The van der Waals surface area contributed by atoms with Gasteiger partial charge in [-0.1, -0.05) is 194 Å². The standard InChI is InChI=1S/C25H26N2Si.C15H15B/c1-2-10-21-11-9-16-24(19-21)28-25(27-18-17-26-20-27,22-12-5-3-6-13-22)23-14-7-4-8-15-23;1-3-7-13(8-4-1)16(15-11-12-15)14-9-5-2-6-10-14/h3-9,11-20H,2,10,28H2,1H3;1-10,15H,11-12H2. The van der Waals surface area contributed by atoms with Crippen LogP contribution in [0.2, 0.25) is 5.82 Å². The molecule has 1 heterocycles. The SMILES string of the molecule is CCCc1cccc([SiH2]C(c2ccccc2)(c2ccccc2)n2ccnc2)c1.c1ccc(B(c2ccccc2)C2CC2)cc1. The quantitative estimate of drug-likeness (QED) is 0.166. The molecule has 0 bridgehead atoms. The number of imidazole rings is 1. The van der Waals surface area contributed by atoms with Crippen molar-refractivity contribution < 1.29 is 0 Å². The molecule has 0 N–H and O–H groups in total. The topological polar surface area (TPSA) is 17.8 Å². The molecule has 0 amide bonds. The maximum atomic E-state index is 4.41. The molecule has 1 aliphatic carbocycles. The van der Waals surface area contributed by atoms with Gasteiger partial charge in [0.1, 0.15) is 0 Å². The van der Waals surface area contributed by atoms with Crippen LogP contribution in [0.3, 0.4) is 0 Å². The fourth-order valence-corrected chi connectivity index (χ4v) is 9.10. The third-order valence-corrected chi connectivity index (χ3v) is 11.4. The zero-order chi connectivity index (χ0) is 30.0. The van der Waals surface area contributed by atoms with Crippen molar-refractivity contribution in [1.82, 2.24) is 9.55 Å². The zero-order valence-corrected chi connectivity index (χ0v) is 27.1. The molecule has 5 aromatic carbocycles. The highest BCUT2D eigenvalue weighted by atomic mass is 28.2. The highest BCUT2D eigenvalue weighted by Gasteiger charge is 2.37. The van der Waals surface area contributed by atoms with Gasteiger partial charge >= 0.3 is 0 Å². The maximum absolute atomic E-state index is 4.41. The summed E-state index contributed by atoms with van der Waals surface area (Å²) < 4.78 is 2.32. The van der Waals surface area contributed by atoms with Gasteiger partial charge in [0.05, 0.1) is 21.0 Å². The van der Waals surface area contributed by atoms with E-state index in [0.717, 1.165) is 12.2 Å². The summed E-state index contributed by atoms with van der Waals surface area (Å²) in [5.74, 6) is 0.866. The van der Waals surface area contributed by atoms with Crippen molar-refractivity contribution in [3.63, 3.8) is 0 Å². The molecular weight excluding hydrogens is 547 g/mol. The summed E-state index contributed by atoms with van der Waals surface area (Å²) in [4.78, 5) is 4.41. The van der Waals surface area contributed by atoms with Crippen molar-refractivity contribution in [1.29, 1.82) is 0 Å².